The summed E-state index contributed by atoms with van der Waals surface area (Å²) in [4.78, 5) is 7.82. The van der Waals surface area contributed by atoms with Crippen molar-refractivity contribution in [2.75, 3.05) is 7.11 Å². The fourth-order valence-electron chi connectivity index (χ4n) is 1.96. The molecule has 1 heterocycles. The summed E-state index contributed by atoms with van der Waals surface area (Å²) in [6.45, 7) is 4.35. The molecule has 2 aromatic rings. The first kappa shape index (κ1) is 15.2. The maximum atomic E-state index is 5.33. The zero-order valence-corrected chi connectivity index (χ0v) is 14.1. The van der Waals surface area contributed by atoms with Gasteiger partial charge in [0.15, 0.2) is 0 Å². The molecule has 0 spiro atoms. The molecule has 0 saturated heterocycles. The Labute approximate surface area is 132 Å². The third-order valence-electron chi connectivity index (χ3n) is 2.89. The maximum absolute atomic E-state index is 5.33. The molecule has 0 aliphatic heterocycles. The first-order valence-corrected chi connectivity index (χ1v) is 7.64. The number of benzene rings is 1. The smallest absolute Gasteiger partial charge is 0.144 e. The van der Waals surface area contributed by atoms with E-state index in [2.05, 4.69) is 39.7 Å². The summed E-state index contributed by atoms with van der Waals surface area (Å²) in [5.74, 6) is 2.11. The van der Waals surface area contributed by atoms with Crippen LogP contribution in [0.1, 0.15) is 19.5 Å². The number of aromatic amines is 1. The Kier molecular flexibility index (Phi) is 4.94. The molecule has 20 heavy (non-hydrogen) atoms. The van der Waals surface area contributed by atoms with Gasteiger partial charge in [0.25, 0.3) is 0 Å². The number of rotatable bonds is 4. The van der Waals surface area contributed by atoms with Crippen LogP contribution in [0.3, 0.4) is 0 Å². The highest BCUT2D eigenvalue weighted by Gasteiger charge is 2.10. The van der Waals surface area contributed by atoms with Gasteiger partial charge in [-0.05, 0) is 40.4 Å². The van der Waals surface area contributed by atoms with Gasteiger partial charge in [-0.25, -0.2) is 4.98 Å². The van der Waals surface area contributed by atoms with Crippen LogP contribution in [0.4, 0.5) is 0 Å². The molecule has 0 bridgehead atoms. The van der Waals surface area contributed by atoms with E-state index < -0.39 is 0 Å². The first-order chi connectivity index (χ1) is 9.51. The number of hydrogen-bond donors (Lipinski definition) is 1. The third-order valence-corrected chi connectivity index (χ3v) is 4.30. The van der Waals surface area contributed by atoms with E-state index >= 15 is 0 Å². The predicted molar refractivity (Wildman–Crippen MR) is 87.7 cm³/mol. The summed E-state index contributed by atoms with van der Waals surface area (Å²) in [5.41, 5.74) is 2.05. The maximum Gasteiger partial charge on any atom is 0.144 e. The third kappa shape index (κ3) is 3.46. The fraction of sp³-hybridized carbons (Fsp3) is 0.333. The Hall–Kier alpha value is -1.20. The van der Waals surface area contributed by atoms with Crippen LogP contribution in [0.5, 0.6) is 5.75 Å². The molecule has 0 radical (unpaired) electrons. The van der Waals surface area contributed by atoms with Crippen LogP contribution in [-0.4, -0.2) is 17.1 Å². The Bertz CT molecular complexity index is 667. The summed E-state index contributed by atoms with van der Waals surface area (Å²) in [6.07, 6.45) is 0.920. The Morgan fingerprint density at radius 3 is 2.80 bits per heavy atom. The number of nitrogens with one attached hydrogen (secondary N) is 1. The van der Waals surface area contributed by atoms with Crippen molar-refractivity contribution >= 4 is 28.1 Å². The highest BCUT2D eigenvalue weighted by atomic mass is 79.9. The second-order valence-electron chi connectivity index (χ2n) is 5.01. The van der Waals surface area contributed by atoms with Crippen molar-refractivity contribution < 1.29 is 4.74 Å². The largest absolute Gasteiger partial charge is 0.497 e. The normalized spacial score (nSPS) is 10.8. The lowest BCUT2D eigenvalue weighted by atomic mass is 10.1. The number of methoxy groups -OCH3 is 1. The summed E-state index contributed by atoms with van der Waals surface area (Å²) in [6, 6.07) is 7.78. The van der Waals surface area contributed by atoms with Gasteiger partial charge in [0.05, 0.1) is 11.6 Å². The molecular formula is C15H17BrN2OS. The minimum absolute atomic E-state index is 0.539. The van der Waals surface area contributed by atoms with Gasteiger partial charge >= 0.3 is 0 Å². The van der Waals surface area contributed by atoms with E-state index in [1.165, 1.54) is 0 Å². The van der Waals surface area contributed by atoms with E-state index in [1.807, 2.05) is 24.3 Å². The second kappa shape index (κ2) is 6.50. The van der Waals surface area contributed by atoms with E-state index in [1.54, 1.807) is 7.11 Å². The molecule has 3 nitrogen and oxygen atoms in total. The summed E-state index contributed by atoms with van der Waals surface area (Å²) in [5, 5.41) is 0. The molecule has 0 fully saturated rings. The lowest BCUT2D eigenvalue weighted by molar-refractivity contribution is 0.415. The van der Waals surface area contributed by atoms with Gasteiger partial charge in [-0.2, -0.15) is 0 Å². The molecule has 0 saturated carbocycles. The van der Waals surface area contributed by atoms with Gasteiger partial charge in [0, 0.05) is 11.3 Å². The number of nitrogens with zero attached hydrogens (tertiary/aromatic N) is 1. The molecule has 0 amide bonds. The van der Waals surface area contributed by atoms with Gasteiger partial charge < -0.3 is 9.72 Å². The summed E-state index contributed by atoms with van der Waals surface area (Å²) < 4.78 is 6.71. The molecule has 0 aliphatic rings. The minimum Gasteiger partial charge on any atom is -0.497 e. The van der Waals surface area contributed by atoms with Crippen LogP contribution < -0.4 is 4.74 Å². The van der Waals surface area contributed by atoms with Crippen molar-refractivity contribution in [2.45, 2.75) is 20.3 Å². The van der Waals surface area contributed by atoms with Gasteiger partial charge in [0.2, 0.25) is 0 Å². The van der Waals surface area contributed by atoms with Gasteiger partial charge in [-0.1, -0.05) is 38.2 Å². The molecule has 0 aliphatic carbocycles. The molecule has 0 unspecified atom stereocenters. The standard InChI is InChI=1S/C15H17BrN2OS/c1-9(2)7-12-13(16)15(20)18-14(17-12)10-5-4-6-11(8-10)19-3/h4-6,8-9H,7H2,1-3H3,(H,17,18,20). The van der Waals surface area contributed by atoms with Crippen LogP contribution in [-0.2, 0) is 6.42 Å². The SMILES string of the molecule is COc1cccc(-c2nc(=S)c(Br)c(CC(C)C)[nH]2)c1. The van der Waals surface area contributed by atoms with E-state index in [-0.39, 0.29) is 0 Å². The molecule has 1 aromatic heterocycles. The van der Waals surface area contributed by atoms with Crippen molar-refractivity contribution in [1.82, 2.24) is 9.97 Å². The highest BCUT2D eigenvalue weighted by Crippen LogP contribution is 2.25. The van der Waals surface area contributed by atoms with Crippen LogP contribution >= 0.6 is 28.1 Å². The minimum atomic E-state index is 0.539. The predicted octanol–water partition coefficient (Wildman–Crippen LogP) is 4.78. The molecule has 1 N–H and O–H groups in total. The first-order valence-electron chi connectivity index (χ1n) is 6.44. The molecule has 106 valence electrons. The number of halogens is 1. The van der Waals surface area contributed by atoms with Crippen LogP contribution in [0, 0.1) is 10.6 Å². The van der Waals surface area contributed by atoms with Crippen LogP contribution in [0.15, 0.2) is 28.7 Å². The van der Waals surface area contributed by atoms with E-state index in [0.717, 1.165) is 33.7 Å². The number of ether oxygens (including phenoxy) is 1. The zero-order valence-electron chi connectivity index (χ0n) is 11.7. The second-order valence-corrected chi connectivity index (χ2v) is 6.19. The van der Waals surface area contributed by atoms with Crippen molar-refractivity contribution in [3.05, 3.63) is 39.1 Å². The van der Waals surface area contributed by atoms with E-state index in [4.69, 9.17) is 17.0 Å². The van der Waals surface area contributed by atoms with Crippen molar-refractivity contribution in [3.63, 3.8) is 0 Å². The topological polar surface area (TPSA) is 37.9 Å². The van der Waals surface area contributed by atoms with Crippen LogP contribution in [0.2, 0.25) is 0 Å². The summed E-state index contributed by atoms with van der Waals surface area (Å²) >= 11 is 8.85. The quantitative estimate of drug-likeness (QED) is 0.804. The average molecular weight is 353 g/mol. The van der Waals surface area contributed by atoms with Gasteiger partial charge in [0.1, 0.15) is 16.2 Å². The zero-order chi connectivity index (χ0) is 14.7. The van der Waals surface area contributed by atoms with Crippen molar-refractivity contribution in [3.8, 4) is 17.1 Å². The Morgan fingerprint density at radius 2 is 2.15 bits per heavy atom. The van der Waals surface area contributed by atoms with Gasteiger partial charge in [-0.15, -0.1) is 0 Å². The number of H-pyrrole nitrogens is 1. The summed E-state index contributed by atoms with van der Waals surface area (Å²) in [7, 11) is 1.65. The Balaban J connectivity index is 2.51. The van der Waals surface area contributed by atoms with Gasteiger partial charge in [-0.3, -0.25) is 0 Å². The number of aromatic nitrogens is 2. The van der Waals surface area contributed by atoms with E-state index in [0.29, 0.717) is 10.6 Å². The lowest BCUT2D eigenvalue weighted by Gasteiger charge is -2.11. The number of hydrogen-bond acceptors (Lipinski definition) is 3. The molecule has 1 aromatic carbocycles. The van der Waals surface area contributed by atoms with Crippen molar-refractivity contribution in [2.24, 2.45) is 5.92 Å². The average Bonchev–Trinajstić information content (AvgIpc) is 2.43. The molecular weight excluding hydrogens is 336 g/mol. The fourth-order valence-corrected chi connectivity index (χ4v) is 2.53. The van der Waals surface area contributed by atoms with E-state index in [9.17, 15) is 0 Å². The highest BCUT2D eigenvalue weighted by molar-refractivity contribution is 9.10. The monoisotopic (exact) mass is 352 g/mol. The molecule has 2 rings (SSSR count). The lowest BCUT2D eigenvalue weighted by Crippen LogP contribution is -2.02. The Morgan fingerprint density at radius 1 is 1.40 bits per heavy atom. The molecule has 5 heteroatoms. The van der Waals surface area contributed by atoms with Crippen LogP contribution in [0.25, 0.3) is 11.4 Å². The molecule has 0 atom stereocenters. The van der Waals surface area contributed by atoms with Crippen molar-refractivity contribution in [1.29, 1.82) is 0 Å².